The molecular formula is C25H29N3O5. The van der Waals surface area contributed by atoms with E-state index in [1.54, 1.807) is 6.92 Å². The number of hydrogen-bond acceptors (Lipinski definition) is 6. The minimum absolute atomic E-state index is 0.203. The summed E-state index contributed by atoms with van der Waals surface area (Å²) < 4.78 is 10.9. The van der Waals surface area contributed by atoms with Crippen LogP contribution >= 0.6 is 0 Å². The van der Waals surface area contributed by atoms with Crippen LogP contribution in [0.4, 0.5) is 4.79 Å². The molecule has 1 aromatic heterocycles. The Morgan fingerprint density at radius 1 is 1.06 bits per heavy atom. The Hall–Kier alpha value is -3.42. The summed E-state index contributed by atoms with van der Waals surface area (Å²) in [5, 5.41) is 6.10. The van der Waals surface area contributed by atoms with Gasteiger partial charge in [0.1, 0.15) is 6.61 Å². The van der Waals surface area contributed by atoms with Gasteiger partial charge in [-0.2, -0.15) is 0 Å². The van der Waals surface area contributed by atoms with Gasteiger partial charge in [0.2, 0.25) is 0 Å². The maximum atomic E-state index is 13.4. The Labute approximate surface area is 192 Å². The standard InChI is InChI=1S/C25H29N3O5/c1-3-17-22(24(30)32-4-2)20(28-25(31)27-17)14-33-23(29)21-15-10-6-5-7-12-18(15)26-19-13-9-8-11-16(19)21/h8-9,11,13,17H,3-7,10,12,14H2,1-2H3,(H2,27,28,31)/t17-/m1/s1. The van der Waals surface area contributed by atoms with Gasteiger partial charge < -0.3 is 20.1 Å². The number of nitrogens with zero attached hydrogens (tertiary/aromatic N) is 1. The number of amides is 2. The number of pyridine rings is 1. The van der Waals surface area contributed by atoms with Crippen LogP contribution in [0.3, 0.4) is 0 Å². The molecule has 0 saturated carbocycles. The van der Waals surface area contributed by atoms with Gasteiger partial charge in [0.25, 0.3) is 0 Å². The van der Waals surface area contributed by atoms with Crippen molar-refractivity contribution in [3.63, 3.8) is 0 Å². The molecule has 0 saturated heterocycles. The Morgan fingerprint density at radius 3 is 2.64 bits per heavy atom. The van der Waals surface area contributed by atoms with Gasteiger partial charge in [-0.25, -0.2) is 14.4 Å². The van der Waals surface area contributed by atoms with Crippen molar-refractivity contribution in [2.24, 2.45) is 0 Å². The number of esters is 2. The van der Waals surface area contributed by atoms with Crippen molar-refractivity contribution in [2.45, 2.75) is 58.4 Å². The third-order valence-electron chi connectivity index (χ3n) is 6.12. The molecule has 1 atom stereocenters. The van der Waals surface area contributed by atoms with Crippen molar-refractivity contribution in [3.8, 4) is 0 Å². The number of para-hydroxylation sites is 1. The number of aryl methyl sites for hydroxylation is 1. The molecule has 0 fully saturated rings. The molecule has 2 aliphatic rings. The van der Waals surface area contributed by atoms with Crippen molar-refractivity contribution in [1.82, 2.24) is 15.6 Å². The summed E-state index contributed by atoms with van der Waals surface area (Å²) in [5.41, 5.74) is 3.72. The maximum absolute atomic E-state index is 13.4. The highest BCUT2D eigenvalue weighted by molar-refractivity contribution is 6.05. The summed E-state index contributed by atoms with van der Waals surface area (Å²) in [6, 6.07) is 6.61. The lowest BCUT2D eigenvalue weighted by Crippen LogP contribution is -2.51. The molecule has 8 nitrogen and oxygen atoms in total. The molecule has 2 heterocycles. The van der Waals surface area contributed by atoms with Crippen LogP contribution in [0, 0.1) is 0 Å². The normalized spacial score (nSPS) is 18.1. The molecule has 2 amide bonds. The second-order valence-corrected chi connectivity index (χ2v) is 8.24. The van der Waals surface area contributed by atoms with E-state index in [4.69, 9.17) is 14.5 Å². The number of carbonyl (C=O) groups is 3. The van der Waals surface area contributed by atoms with Crippen LogP contribution < -0.4 is 10.6 Å². The van der Waals surface area contributed by atoms with E-state index >= 15 is 0 Å². The summed E-state index contributed by atoms with van der Waals surface area (Å²) in [6.45, 7) is 3.54. The molecule has 0 bridgehead atoms. The van der Waals surface area contributed by atoms with E-state index in [0.29, 0.717) is 12.0 Å². The van der Waals surface area contributed by atoms with E-state index in [2.05, 4.69) is 10.6 Å². The Kier molecular flexibility index (Phi) is 6.91. The van der Waals surface area contributed by atoms with E-state index in [-0.39, 0.29) is 24.5 Å². The number of carbonyl (C=O) groups excluding carboxylic acids is 3. The van der Waals surface area contributed by atoms with E-state index in [9.17, 15) is 14.4 Å². The highest BCUT2D eigenvalue weighted by Gasteiger charge is 2.32. The van der Waals surface area contributed by atoms with Crippen LogP contribution in [0.1, 0.15) is 61.1 Å². The summed E-state index contributed by atoms with van der Waals surface area (Å²) >= 11 is 0. The lowest BCUT2D eigenvalue weighted by Gasteiger charge is -2.28. The first-order chi connectivity index (χ1) is 16.0. The summed E-state index contributed by atoms with van der Waals surface area (Å²) in [4.78, 5) is 42.9. The zero-order valence-electron chi connectivity index (χ0n) is 19.0. The van der Waals surface area contributed by atoms with E-state index < -0.39 is 24.0 Å². The minimum Gasteiger partial charge on any atom is -0.463 e. The van der Waals surface area contributed by atoms with Crippen molar-refractivity contribution < 1.29 is 23.9 Å². The first-order valence-corrected chi connectivity index (χ1v) is 11.6. The monoisotopic (exact) mass is 451 g/mol. The van der Waals surface area contributed by atoms with Crippen LogP contribution in [0.5, 0.6) is 0 Å². The van der Waals surface area contributed by atoms with Gasteiger partial charge in [-0.1, -0.05) is 31.5 Å². The number of urea groups is 1. The quantitative estimate of drug-likeness (QED) is 0.514. The smallest absolute Gasteiger partial charge is 0.339 e. The average Bonchev–Trinajstić information content (AvgIpc) is 3.05. The highest BCUT2D eigenvalue weighted by atomic mass is 16.5. The van der Waals surface area contributed by atoms with Gasteiger partial charge in [0.05, 0.1) is 35.0 Å². The topological polar surface area (TPSA) is 107 Å². The molecule has 1 aromatic carbocycles. The van der Waals surface area contributed by atoms with Crippen LogP contribution in [0.2, 0.25) is 0 Å². The number of hydrogen-bond donors (Lipinski definition) is 2. The van der Waals surface area contributed by atoms with Gasteiger partial charge in [-0.15, -0.1) is 0 Å². The fourth-order valence-corrected chi connectivity index (χ4v) is 4.57. The Morgan fingerprint density at radius 2 is 1.85 bits per heavy atom. The predicted octanol–water partition coefficient (Wildman–Crippen LogP) is 3.57. The van der Waals surface area contributed by atoms with Crippen molar-refractivity contribution in [2.75, 3.05) is 13.2 Å². The van der Waals surface area contributed by atoms with E-state index in [0.717, 1.165) is 54.3 Å². The molecular weight excluding hydrogens is 422 g/mol. The van der Waals surface area contributed by atoms with Gasteiger partial charge >= 0.3 is 18.0 Å². The molecule has 0 unspecified atom stereocenters. The number of fused-ring (bicyclic) bond motifs is 2. The first kappa shape index (κ1) is 22.8. The summed E-state index contributed by atoms with van der Waals surface area (Å²) in [6.07, 6.45) is 5.23. The predicted molar refractivity (Wildman–Crippen MR) is 123 cm³/mol. The van der Waals surface area contributed by atoms with Gasteiger partial charge in [0.15, 0.2) is 0 Å². The van der Waals surface area contributed by atoms with Gasteiger partial charge in [-0.3, -0.25) is 4.98 Å². The second-order valence-electron chi connectivity index (χ2n) is 8.24. The third kappa shape index (κ3) is 4.69. The molecule has 33 heavy (non-hydrogen) atoms. The minimum atomic E-state index is -0.536. The second kappa shape index (κ2) is 10.0. The molecule has 8 heteroatoms. The molecule has 2 N–H and O–H groups in total. The lowest BCUT2D eigenvalue weighted by molar-refractivity contribution is -0.139. The molecule has 0 spiro atoms. The fraction of sp³-hybridized carbons (Fsp3) is 0.440. The first-order valence-electron chi connectivity index (χ1n) is 11.6. The summed E-state index contributed by atoms with van der Waals surface area (Å²) in [5.74, 6) is -1.02. The maximum Gasteiger partial charge on any atom is 0.339 e. The zero-order valence-corrected chi connectivity index (χ0v) is 19.0. The number of ether oxygens (including phenoxy) is 2. The van der Waals surface area contributed by atoms with E-state index in [1.165, 1.54) is 0 Å². The molecule has 4 rings (SSSR count). The third-order valence-corrected chi connectivity index (χ3v) is 6.12. The Balaban J connectivity index is 1.69. The molecule has 1 aliphatic heterocycles. The van der Waals surface area contributed by atoms with Gasteiger partial charge in [-0.05, 0) is 50.7 Å². The Bertz CT molecular complexity index is 1120. The molecule has 0 radical (unpaired) electrons. The van der Waals surface area contributed by atoms with Crippen molar-refractivity contribution in [3.05, 3.63) is 52.4 Å². The number of rotatable bonds is 6. The van der Waals surface area contributed by atoms with Crippen molar-refractivity contribution >= 4 is 28.9 Å². The average molecular weight is 452 g/mol. The fourth-order valence-electron chi connectivity index (χ4n) is 4.57. The number of benzene rings is 1. The SMILES string of the molecule is CCOC(=O)C1=C(COC(=O)c2c3c(nc4ccccc24)CCCCC3)NC(=O)N[C@@H]1CC. The van der Waals surface area contributed by atoms with E-state index in [1.807, 2.05) is 31.2 Å². The van der Waals surface area contributed by atoms with Crippen molar-refractivity contribution in [1.29, 1.82) is 0 Å². The lowest BCUT2D eigenvalue weighted by atomic mass is 9.97. The molecule has 1 aliphatic carbocycles. The molecule has 174 valence electrons. The van der Waals surface area contributed by atoms with Crippen LogP contribution in [-0.2, 0) is 27.1 Å². The zero-order chi connectivity index (χ0) is 23.4. The van der Waals surface area contributed by atoms with Gasteiger partial charge in [0, 0.05) is 11.1 Å². The number of nitrogens with one attached hydrogen (secondary N) is 2. The van der Waals surface area contributed by atoms with Crippen LogP contribution in [0.15, 0.2) is 35.5 Å². The molecule has 2 aromatic rings. The highest BCUT2D eigenvalue weighted by Crippen LogP contribution is 2.29. The number of aromatic nitrogens is 1. The summed E-state index contributed by atoms with van der Waals surface area (Å²) in [7, 11) is 0. The largest absolute Gasteiger partial charge is 0.463 e. The van der Waals surface area contributed by atoms with Crippen LogP contribution in [-0.4, -0.2) is 42.2 Å². The van der Waals surface area contributed by atoms with Crippen LogP contribution in [0.25, 0.3) is 10.9 Å².